The summed E-state index contributed by atoms with van der Waals surface area (Å²) in [5, 5.41) is 18.9. The highest BCUT2D eigenvalue weighted by Crippen LogP contribution is 2.32. The van der Waals surface area contributed by atoms with Crippen LogP contribution in [0.5, 0.6) is 5.75 Å². The zero-order valence-corrected chi connectivity index (χ0v) is 14.4. The molecule has 2 rings (SSSR count). The van der Waals surface area contributed by atoms with Gasteiger partial charge in [0.15, 0.2) is 0 Å². The first kappa shape index (κ1) is 18.2. The average molecular weight is 383 g/mol. The van der Waals surface area contributed by atoms with Gasteiger partial charge in [0.25, 0.3) is 0 Å². The van der Waals surface area contributed by atoms with E-state index in [1.165, 1.54) is 6.08 Å². The van der Waals surface area contributed by atoms with Gasteiger partial charge in [0.1, 0.15) is 24.0 Å². The topological polar surface area (TPSA) is 70.3 Å². The molecule has 0 amide bonds. The van der Waals surface area contributed by atoms with E-state index in [9.17, 15) is 4.79 Å². The molecule has 1 N–H and O–H groups in total. The summed E-state index contributed by atoms with van der Waals surface area (Å²) in [6.45, 7) is 0.0397. The molecule has 0 bridgehead atoms. The maximum absolute atomic E-state index is 11.0. The lowest BCUT2D eigenvalue weighted by atomic mass is 10.1. The molecule has 2 aromatic carbocycles. The third-order valence-corrected chi connectivity index (χ3v) is 4.28. The Bertz CT molecular complexity index is 857. The van der Waals surface area contributed by atoms with Gasteiger partial charge < -0.3 is 9.84 Å². The number of nitrogens with zero attached hydrogens (tertiary/aromatic N) is 1. The predicted octanol–water partition coefficient (Wildman–Crippen LogP) is 5.22. The van der Waals surface area contributed by atoms with Crippen molar-refractivity contribution >= 4 is 46.8 Å². The second-order valence-electron chi connectivity index (χ2n) is 4.62. The van der Waals surface area contributed by atoms with Crippen molar-refractivity contribution in [3.63, 3.8) is 0 Å². The lowest BCUT2D eigenvalue weighted by molar-refractivity contribution is -0.132. The van der Waals surface area contributed by atoms with Crippen molar-refractivity contribution in [2.24, 2.45) is 0 Å². The third-order valence-electron chi connectivity index (χ3n) is 3.08. The van der Waals surface area contributed by atoms with Crippen LogP contribution in [-0.4, -0.2) is 11.1 Å². The number of carbonyl (C=O) groups is 1. The molecule has 4 nitrogen and oxygen atoms in total. The summed E-state index contributed by atoms with van der Waals surface area (Å²) >= 11 is 18.2. The molecule has 0 saturated carbocycles. The number of ether oxygens (including phenoxy) is 1. The number of rotatable bonds is 5. The lowest BCUT2D eigenvalue weighted by Gasteiger charge is -2.12. The average Bonchev–Trinajstić information content (AvgIpc) is 2.57. The molecule has 0 fully saturated rings. The largest absolute Gasteiger partial charge is 0.488 e. The normalized spacial score (nSPS) is 11.0. The van der Waals surface area contributed by atoms with Crippen LogP contribution < -0.4 is 4.74 Å². The molecule has 0 aliphatic rings. The summed E-state index contributed by atoms with van der Waals surface area (Å²) in [7, 11) is 0. The highest BCUT2D eigenvalue weighted by Gasteiger charge is 2.12. The molecular formula is C17H10Cl3NO3. The van der Waals surface area contributed by atoms with E-state index >= 15 is 0 Å². The number of para-hydroxylation sites is 1. The molecular weight excluding hydrogens is 373 g/mol. The van der Waals surface area contributed by atoms with Gasteiger partial charge in [-0.25, -0.2) is 4.79 Å². The van der Waals surface area contributed by atoms with Gasteiger partial charge in [-0.05, 0) is 24.3 Å². The zero-order chi connectivity index (χ0) is 17.7. The highest BCUT2D eigenvalue weighted by molar-refractivity contribution is 6.44. The number of carboxylic acid groups (broad SMARTS) is 1. The van der Waals surface area contributed by atoms with Gasteiger partial charge in [0.05, 0.1) is 10.0 Å². The quantitative estimate of drug-likeness (QED) is 0.437. The van der Waals surface area contributed by atoms with E-state index < -0.39 is 11.5 Å². The van der Waals surface area contributed by atoms with Gasteiger partial charge >= 0.3 is 5.97 Å². The van der Waals surface area contributed by atoms with Crippen molar-refractivity contribution < 1.29 is 14.6 Å². The molecule has 0 aliphatic carbocycles. The van der Waals surface area contributed by atoms with E-state index in [4.69, 9.17) is 49.9 Å². The molecule has 2 aromatic rings. The van der Waals surface area contributed by atoms with Crippen molar-refractivity contribution in [3.8, 4) is 11.8 Å². The van der Waals surface area contributed by atoms with Gasteiger partial charge in [-0.3, -0.25) is 0 Å². The van der Waals surface area contributed by atoms with Crippen LogP contribution in [0.4, 0.5) is 0 Å². The van der Waals surface area contributed by atoms with Crippen LogP contribution in [0, 0.1) is 11.3 Å². The fraction of sp³-hybridized carbons (Fsp3) is 0.0588. The molecule has 24 heavy (non-hydrogen) atoms. The number of halogens is 3. The number of aliphatic carboxylic acids is 1. The van der Waals surface area contributed by atoms with Gasteiger partial charge in [-0.2, -0.15) is 5.26 Å². The number of hydrogen-bond acceptors (Lipinski definition) is 3. The number of nitriles is 1. The summed E-state index contributed by atoms with van der Waals surface area (Å²) in [4.78, 5) is 11.0. The van der Waals surface area contributed by atoms with Crippen LogP contribution in [0.25, 0.3) is 6.08 Å². The monoisotopic (exact) mass is 381 g/mol. The van der Waals surface area contributed by atoms with Crippen LogP contribution in [0.1, 0.15) is 11.1 Å². The maximum Gasteiger partial charge on any atom is 0.346 e. The SMILES string of the molecule is N#CC(=Cc1ccccc1OCc1c(Cl)ccc(Cl)c1Cl)C(=O)O. The van der Waals surface area contributed by atoms with Crippen LogP contribution in [0.3, 0.4) is 0 Å². The second kappa shape index (κ2) is 8.07. The Hall–Kier alpha value is -2.19. The minimum absolute atomic E-state index is 0.0397. The number of carboxylic acids is 1. The molecule has 0 aliphatic heterocycles. The summed E-state index contributed by atoms with van der Waals surface area (Å²) in [5.41, 5.74) is 0.568. The molecule has 122 valence electrons. The molecule has 0 atom stereocenters. The maximum atomic E-state index is 11.0. The van der Waals surface area contributed by atoms with E-state index in [2.05, 4.69) is 0 Å². The Morgan fingerprint density at radius 2 is 1.83 bits per heavy atom. The summed E-state index contributed by atoms with van der Waals surface area (Å²) in [5.74, 6) is -0.924. The van der Waals surface area contributed by atoms with Crippen LogP contribution in [0.15, 0.2) is 42.0 Å². The van der Waals surface area contributed by atoms with E-state index in [1.807, 2.05) is 0 Å². The molecule has 0 radical (unpaired) electrons. The molecule has 7 heteroatoms. The predicted molar refractivity (Wildman–Crippen MR) is 93.5 cm³/mol. The summed E-state index contributed by atoms with van der Waals surface area (Å²) < 4.78 is 5.69. The van der Waals surface area contributed by atoms with E-state index in [0.29, 0.717) is 31.9 Å². The molecule has 0 heterocycles. The van der Waals surface area contributed by atoms with Crippen LogP contribution >= 0.6 is 34.8 Å². The second-order valence-corrected chi connectivity index (χ2v) is 5.82. The molecule has 0 spiro atoms. The van der Waals surface area contributed by atoms with Gasteiger partial charge in [0, 0.05) is 16.1 Å². The first-order chi connectivity index (χ1) is 11.4. The first-order valence-corrected chi connectivity index (χ1v) is 7.76. The minimum Gasteiger partial charge on any atom is -0.488 e. The number of hydrogen-bond donors (Lipinski definition) is 1. The molecule has 0 aromatic heterocycles. The van der Waals surface area contributed by atoms with Crippen molar-refractivity contribution in [1.29, 1.82) is 5.26 Å². The van der Waals surface area contributed by atoms with Crippen LogP contribution in [0.2, 0.25) is 15.1 Å². The van der Waals surface area contributed by atoms with Crippen molar-refractivity contribution in [2.75, 3.05) is 0 Å². The lowest BCUT2D eigenvalue weighted by Crippen LogP contribution is -2.01. The standard InChI is InChI=1S/C17H10Cl3NO3/c18-13-5-6-14(19)16(20)12(13)9-24-15-4-2-1-3-10(15)7-11(8-21)17(22)23/h1-7H,9H2,(H,22,23). The molecule has 0 unspecified atom stereocenters. The van der Waals surface area contributed by atoms with E-state index in [1.54, 1.807) is 42.5 Å². The Balaban J connectivity index is 2.32. The van der Waals surface area contributed by atoms with E-state index in [0.717, 1.165) is 0 Å². The Labute approximate surface area is 153 Å². The Kier molecular flexibility index (Phi) is 6.10. The van der Waals surface area contributed by atoms with Crippen molar-refractivity contribution in [2.45, 2.75) is 6.61 Å². The minimum atomic E-state index is -1.31. The third kappa shape index (κ3) is 4.21. The Morgan fingerprint density at radius 3 is 2.50 bits per heavy atom. The smallest absolute Gasteiger partial charge is 0.346 e. The van der Waals surface area contributed by atoms with E-state index in [-0.39, 0.29) is 6.61 Å². The summed E-state index contributed by atoms with van der Waals surface area (Å²) in [6, 6.07) is 11.5. The fourth-order valence-electron chi connectivity index (χ4n) is 1.88. The molecule has 0 saturated heterocycles. The number of benzene rings is 2. The first-order valence-electron chi connectivity index (χ1n) is 6.63. The highest BCUT2D eigenvalue weighted by atomic mass is 35.5. The Morgan fingerprint density at radius 1 is 1.17 bits per heavy atom. The fourth-order valence-corrected chi connectivity index (χ4v) is 2.54. The van der Waals surface area contributed by atoms with Crippen molar-refractivity contribution in [1.82, 2.24) is 0 Å². The van der Waals surface area contributed by atoms with Crippen molar-refractivity contribution in [3.05, 3.63) is 68.2 Å². The van der Waals surface area contributed by atoms with Gasteiger partial charge in [-0.15, -0.1) is 0 Å². The van der Waals surface area contributed by atoms with Gasteiger partial charge in [-0.1, -0.05) is 53.0 Å². The van der Waals surface area contributed by atoms with Crippen LogP contribution in [-0.2, 0) is 11.4 Å². The zero-order valence-electron chi connectivity index (χ0n) is 12.1. The summed E-state index contributed by atoms with van der Waals surface area (Å²) in [6.07, 6.45) is 1.23. The van der Waals surface area contributed by atoms with Gasteiger partial charge in [0.2, 0.25) is 0 Å².